The Bertz CT molecular complexity index is 747. The molecule has 0 fully saturated rings. The average molecular weight is 260 g/mol. The number of fused-ring (bicyclic) bond motifs is 1. The molecule has 0 saturated heterocycles. The Morgan fingerprint density at radius 2 is 2.11 bits per heavy atom. The number of hydrogen-bond acceptors (Lipinski definition) is 4. The van der Waals surface area contributed by atoms with Gasteiger partial charge in [0.05, 0.1) is 22.5 Å². The van der Waals surface area contributed by atoms with Crippen molar-refractivity contribution in [2.75, 3.05) is 0 Å². The van der Waals surface area contributed by atoms with Crippen molar-refractivity contribution < 1.29 is 4.52 Å². The Morgan fingerprint density at radius 1 is 1.33 bits per heavy atom. The Balaban J connectivity index is 2.16. The first-order valence-corrected chi connectivity index (χ1v) is 6.48. The number of hydrogen-bond donors (Lipinski definition) is 0. The first-order valence-electron chi connectivity index (χ1n) is 5.67. The van der Waals surface area contributed by atoms with Gasteiger partial charge in [-0.15, -0.1) is 0 Å². The zero-order chi connectivity index (χ0) is 12.7. The van der Waals surface area contributed by atoms with Crippen LogP contribution in [0.25, 0.3) is 10.2 Å². The molecule has 92 valence electrons. The molecule has 18 heavy (non-hydrogen) atoms. The molecule has 0 aliphatic heterocycles. The summed E-state index contributed by atoms with van der Waals surface area (Å²) >= 11 is 1.27. The summed E-state index contributed by atoms with van der Waals surface area (Å²) in [5.41, 5.74) is 2.79. The van der Waals surface area contributed by atoms with Crippen molar-refractivity contribution in [3.05, 3.63) is 51.0 Å². The van der Waals surface area contributed by atoms with E-state index in [1.165, 1.54) is 11.3 Å². The first-order chi connectivity index (χ1) is 8.66. The standard InChI is InChI=1S/C13H12N2O2S/c1-8-10(9(2)17-14-8)7-15-11-5-3-4-6-12(11)18-13(15)16/h3-6H,7H2,1-2H3. The summed E-state index contributed by atoms with van der Waals surface area (Å²) in [6, 6.07) is 7.81. The van der Waals surface area contributed by atoms with Gasteiger partial charge in [-0.3, -0.25) is 9.36 Å². The third-order valence-corrected chi connectivity index (χ3v) is 4.03. The highest BCUT2D eigenvalue weighted by Crippen LogP contribution is 2.20. The third kappa shape index (κ3) is 1.67. The molecule has 4 nitrogen and oxygen atoms in total. The Morgan fingerprint density at radius 3 is 2.83 bits per heavy atom. The number of aryl methyl sites for hydroxylation is 2. The van der Waals surface area contributed by atoms with E-state index < -0.39 is 0 Å². The van der Waals surface area contributed by atoms with Crippen LogP contribution in [-0.2, 0) is 6.54 Å². The lowest BCUT2D eigenvalue weighted by molar-refractivity contribution is 0.392. The van der Waals surface area contributed by atoms with Crippen LogP contribution in [0.3, 0.4) is 0 Å². The maximum Gasteiger partial charge on any atom is 0.308 e. The zero-order valence-corrected chi connectivity index (χ0v) is 11.0. The molecule has 0 spiro atoms. The summed E-state index contributed by atoms with van der Waals surface area (Å²) in [5.74, 6) is 0.773. The molecule has 0 unspecified atom stereocenters. The van der Waals surface area contributed by atoms with Crippen molar-refractivity contribution in [3.8, 4) is 0 Å². The van der Waals surface area contributed by atoms with Crippen LogP contribution in [-0.4, -0.2) is 9.72 Å². The molecule has 0 bridgehead atoms. The van der Waals surface area contributed by atoms with E-state index in [0.717, 1.165) is 27.2 Å². The van der Waals surface area contributed by atoms with Gasteiger partial charge >= 0.3 is 4.87 Å². The maximum atomic E-state index is 12.0. The summed E-state index contributed by atoms with van der Waals surface area (Å²) in [4.78, 5) is 12.1. The molecule has 1 aromatic carbocycles. The summed E-state index contributed by atoms with van der Waals surface area (Å²) < 4.78 is 7.91. The molecule has 0 aliphatic rings. The van der Waals surface area contributed by atoms with Crippen LogP contribution in [0.15, 0.2) is 33.6 Å². The van der Waals surface area contributed by atoms with Gasteiger partial charge in [-0.2, -0.15) is 0 Å². The number of benzene rings is 1. The van der Waals surface area contributed by atoms with E-state index in [1.807, 2.05) is 38.1 Å². The van der Waals surface area contributed by atoms with Crippen molar-refractivity contribution in [2.24, 2.45) is 0 Å². The molecule has 0 atom stereocenters. The molecule has 0 aliphatic carbocycles. The van der Waals surface area contributed by atoms with Crippen molar-refractivity contribution in [1.82, 2.24) is 9.72 Å². The first kappa shape index (κ1) is 11.2. The van der Waals surface area contributed by atoms with Crippen LogP contribution in [0.2, 0.25) is 0 Å². The van der Waals surface area contributed by atoms with Crippen molar-refractivity contribution in [1.29, 1.82) is 0 Å². The fourth-order valence-electron chi connectivity index (χ4n) is 2.05. The van der Waals surface area contributed by atoms with Gasteiger partial charge in [0.15, 0.2) is 0 Å². The van der Waals surface area contributed by atoms with Crippen molar-refractivity contribution >= 4 is 21.6 Å². The smallest absolute Gasteiger partial charge is 0.308 e. The van der Waals surface area contributed by atoms with Crippen LogP contribution in [0.1, 0.15) is 17.0 Å². The lowest BCUT2D eigenvalue weighted by atomic mass is 10.2. The van der Waals surface area contributed by atoms with Crippen LogP contribution in [0, 0.1) is 13.8 Å². The summed E-state index contributed by atoms with van der Waals surface area (Å²) in [6.07, 6.45) is 0. The predicted molar refractivity (Wildman–Crippen MR) is 71.2 cm³/mol. The van der Waals surface area contributed by atoms with Gasteiger partial charge in [0.25, 0.3) is 0 Å². The molecule has 3 aromatic rings. The highest BCUT2D eigenvalue weighted by molar-refractivity contribution is 7.16. The molecule has 3 rings (SSSR count). The minimum atomic E-state index is 0.0520. The summed E-state index contributed by atoms with van der Waals surface area (Å²) in [6.45, 7) is 4.28. The zero-order valence-electron chi connectivity index (χ0n) is 10.1. The van der Waals surface area contributed by atoms with E-state index in [9.17, 15) is 4.79 Å². The van der Waals surface area contributed by atoms with Gasteiger partial charge in [0.2, 0.25) is 0 Å². The molecule has 2 heterocycles. The minimum absolute atomic E-state index is 0.0520. The number of aromatic nitrogens is 2. The largest absolute Gasteiger partial charge is 0.361 e. The van der Waals surface area contributed by atoms with Crippen LogP contribution >= 0.6 is 11.3 Å². The van der Waals surface area contributed by atoms with Gasteiger partial charge in [0.1, 0.15) is 5.76 Å². The molecule has 0 amide bonds. The molecule has 0 radical (unpaired) electrons. The van der Waals surface area contributed by atoms with Crippen molar-refractivity contribution in [3.63, 3.8) is 0 Å². The normalized spacial score (nSPS) is 11.2. The number of para-hydroxylation sites is 1. The highest BCUT2D eigenvalue weighted by atomic mass is 32.1. The predicted octanol–water partition coefficient (Wildman–Crippen LogP) is 2.72. The molecular weight excluding hydrogens is 248 g/mol. The maximum absolute atomic E-state index is 12.0. The topological polar surface area (TPSA) is 48.0 Å². The molecule has 0 N–H and O–H groups in total. The van der Waals surface area contributed by atoms with Crippen LogP contribution in [0.5, 0.6) is 0 Å². The Labute approximate surface area is 107 Å². The van der Waals surface area contributed by atoms with Gasteiger partial charge < -0.3 is 4.52 Å². The van der Waals surface area contributed by atoms with Gasteiger partial charge in [-0.1, -0.05) is 28.6 Å². The SMILES string of the molecule is Cc1noc(C)c1Cn1c(=O)sc2ccccc21. The van der Waals surface area contributed by atoms with E-state index in [4.69, 9.17) is 4.52 Å². The minimum Gasteiger partial charge on any atom is -0.361 e. The molecule has 5 heteroatoms. The lowest BCUT2D eigenvalue weighted by Crippen LogP contribution is -2.14. The fourth-order valence-corrected chi connectivity index (χ4v) is 2.94. The van der Waals surface area contributed by atoms with Crippen LogP contribution in [0.4, 0.5) is 0 Å². The second-order valence-corrected chi connectivity index (χ2v) is 5.22. The quantitative estimate of drug-likeness (QED) is 0.711. The summed E-state index contributed by atoms with van der Waals surface area (Å²) in [5, 5.41) is 3.92. The highest BCUT2D eigenvalue weighted by Gasteiger charge is 2.13. The lowest BCUT2D eigenvalue weighted by Gasteiger charge is -2.02. The third-order valence-electron chi connectivity index (χ3n) is 3.07. The second-order valence-electron chi connectivity index (χ2n) is 4.22. The molecule has 0 saturated carbocycles. The number of rotatable bonds is 2. The molecular formula is C13H12N2O2S. The van der Waals surface area contributed by atoms with E-state index in [-0.39, 0.29) is 4.87 Å². The van der Waals surface area contributed by atoms with Gasteiger partial charge in [0, 0.05) is 5.56 Å². The monoisotopic (exact) mass is 260 g/mol. The van der Waals surface area contributed by atoms with E-state index in [1.54, 1.807) is 4.57 Å². The number of nitrogens with zero attached hydrogens (tertiary/aromatic N) is 2. The van der Waals surface area contributed by atoms with E-state index in [0.29, 0.717) is 6.54 Å². The Hall–Kier alpha value is -1.88. The average Bonchev–Trinajstić information content (AvgIpc) is 2.84. The summed E-state index contributed by atoms with van der Waals surface area (Å²) in [7, 11) is 0. The fraction of sp³-hybridized carbons (Fsp3) is 0.231. The van der Waals surface area contributed by atoms with E-state index >= 15 is 0 Å². The van der Waals surface area contributed by atoms with E-state index in [2.05, 4.69) is 5.16 Å². The van der Waals surface area contributed by atoms with Gasteiger partial charge in [-0.05, 0) is 26.0 Å². The Kier molecular flexibility index (Phi) is 2.56. The molecule has 2 aromatic heterocycles. The van der Waals surface area contributed by atoms with Gasteiger partial charge in [-0.25, -0.2) is 0 Å². The second kappa shape index (κ2) is 4.10. The van der Waals surface area contributed by atoms with Crippen LogP contribution < -0.4 is 4.87 Å². The number of thiazole rings is 1. The van der Waals surface area contributed by atoms with Crippen molar-refractivity contribution in [2.45, 2.75) is 20.4 Å².